The van der Waals surface area contributed by atoms with Crippen LogP contribution in [-0.4, -0.2) is 17.1 Å². The Morgan fingerprint density at radius 2 is 2.00 bits per heavy atom. The van der Waals surface area contributed by atoms with Crippen LogP contribution in [0.3, 0.4) is 0 Å². The summed E-state index contributed by atoms with van der Waals surface area (Å²) in [7, 11) is 1.68. The van der Waals surface area contributed by atoms with Crippen LogP contribution in [-0.2, 0) is 0 Å². The summed E-state index contributed by atoms with van der Waals surface area (Å²) in [6.07, 6.45) is 0. The Hall–Kier alpha value is -2.28. The number of rotatable bonds is 3. The molecule has 0 saturated carbocycles. The minimum Gasteiger partial charge on any atom is -0.496 e. The van der Waals surface area contributed by atoms with Crippen molar-refractivity contribution in [1.29, 1.82) is 5.26 Å². The van der Waals surface area contributed by atoms with E-state index in [0.29, 0.717) is 11.6 Å². The second-order valence-electron chi connectivity index (χ2n) is 5.22. The largest absolute Gasteiger partial charge is 0.496 e. The molecular weight excluding hydrogens is 250 g/mol. The third-order valence-corrected chi connectivity index (χ3v) is 3.40. The summed E-state index contributed by atoms with van der Waals surface area (Å²) in [5.41, 5.74) is 4.42. The number of methoxy groups -OCH3 is 1. The highest BCUT2D eigenvalue weighted by molar-refractivity contribution is 5.71. The molecule has 2 aromatic rings. The van der Waals surface area contributed by atoms with Gasteiger partial charge in [0.05, 0.1) is 12.8 Å². The highest BCUT2D eigenvalue weighted by Crippen LogP contribution is 2.34. The van der Waals surface area contributed by atoms with Crippen molar-refractivity contribution in [3.8, 4) is 23.1 Å². The number of hydrogen-bond acceptors (Lipinski definition) is 3. The van der Waals surface area contributed by atoms with Gasteiger partial charge in [-0.1, -0.05) is 13.8 Å². The fraction of sp³-hybridized carbons (Fsp3) is 0.375. The summed E-state index contributed by atoms with van der Waals surface area (Å²) in [6, 6.07) is 6.25. The van der Waals surface area contributed by atoms with E-state index >= 15 is 0 Å². The van der Waals surface area contributed by atoms with Gasteiger partial charge in [-0.15, -0.1) is 0 Å². The summed E-state index contributed by atoms with van der Waals surface area (Å²) in [6.45, 7) is 8.12. The lowest BCUT2D eigenvalue weighted by Crippen LogP contribution is -1.98. The summed E-state index contributed by atoms with van der Waals surface area (Å²) in [5, 5.41) is 9.21. The van der Waals surface area contributed by atoms with E-state index in [2.05, 4.69) is 36.0 Å². The monoisotopic (exact) mass is 269 g/mol. The van der Waals surface area contributed by atoms with Crippen LogP contribution in [0.5, 0.6) is 5.75 Å². The van der Waals surface area contributed by atoms with Crippen LogP contribution in [0, 0.1) is 25.2 Å². The maximum atomic E-state index is 9.21. The molecule has 4 heteroatoms. The zero-order chi connectivity index (χ0) is 14.9. The van der Waals surface area contributed by atoms with Gasteiger partial charge >= 0.3 is 0 Å². The Balaban J connectivity index is 2.68. The number of aromatic nitrogens is 2. The van der Waals surface area contributed by atoms with Gasteiger partial charge in [0.1, 0.15) is 17.6 Å². The van der Waals surface area contributed by atoms with Gasteiger partial charge in [-0.2, -0.15) is 5.26 Å². The van der Waals surface area contributed by atoms with Crippen LogP contribution in [0.4, 0.5) is 0 Å². The van der Waals surface area contributed by atoms with Gasteiger partial charge in [0, 0.05) is 5.56 Å². The normalized spacial score (nSPS) is 10.7. The van der Waals surface area contributed by atoms with E-state index in [1.807, 2.05) is 19.9 Å². The van der Waals surface area contributed by atoms with Crippen LogP contribution >= 0.6 is 0 Å². The molecule has 0 unspecified atom stereocenters. The molecule has 0 atom stereocenters. The summed E-state index contributed by atoms with van der Waals surface area (Å²) in [5.74, 6) is 1.98. The molecule has 0 aliphatic heterocycles. The molecule has 0 amide bonds. The van der Waals surface area contributed by atoms with Gasteiger partial charge in [-0.25, -0.2) is 4.98 Å². The predicted octanol–water partition coefficient (Wildman–Crippen LogP) is 3.70. The molecule has 1 heterocycles. The van der Waals surface area contributed by atoms with Crippen molar-refractivity contribution >= 4 is 0 Å². The number of aromatic amines is 1. The van der Waals surface area contributed by atoms with E-state index in [4.69, 9.17) is 4.74 Å². The highest BCUT2D eigenvalue weighted by Gasteiger charge is 2.16. The van der Waals surface area contributed by atoms with Gasteiger partial charge in [0.15, 0.2) is 5.69 Å². The first-order valence-electron chi connectivity index (χ1n) is 6.63. The third kappa shape index (κ3) is 2.39. The number of nitrogens with zero attached hydrogens (tertiary/aromatic N) is 2. The van der Waals surface area contributed by atoms with Crippen molar-refractivity contribution in [1.82, 2.24) is 9.97 Å². The zero-order valence-electron chi connectivity index (χ0n) is 12.5. The maximum Gasteiger partial charge on any atom is 0.166 e. The molecule has 1 aromatic heterocycles. The molecule has 20 heavy (non-hydrogen) atoms. The van der Waals surface area contributed by atoms with Crippen molar-refractivity contribution < 1.29 is 4.74 Å². The molecule has 0 spiro atoms. The molecular formula is C16H19N3O. The van der Waals surface area contributed by atoms with Gasteiger partial charge in [0.2, 0.25) is 0 Å². The number of benzene rings is 1. The van der Waals surface area contributed by atoms with Gasteiger partial charge in [0.25, 0.3) is 0 Å². The number of imidazole rings is 1. The lowest BCUT2D eigenvalue weighted by Gasteiger charge is -2.15. The Labute approximate surface area is 119 Å². The van der Waals surface area contributed by atoms with E-state index in [9.17, 15) is 5.26 Å². The van der Waals surface area contributed by atoms with E-state index in [1.165, 1.54) is 0 Å². The van der Waals surface area contributed by atoms with Gasteiger partial charge in [-0.05, 0) is 43.0 Å². The topological polar surface area (TPSA) is 61.7 Å². The summed E-state index contributed by atoms with van der Waals surface area (Å²) >= 11 is 0. The van der Waals surface area contributed by atoms with Crippen LogP contribution in [0.2, 0.25) is 0 Å². The number of H-pyrrole nitrogens is 1. The fourth-order valence-electron chi connectivity index (χ4n) is 2.36. The van der Waals surface area contributed by atoms with Crippen molar-refractivity contribution in [2.24, 2.45) is 0 Å². The second kappa shape index (κ2) is 5.38. The maximum absolute atomic E-state index is 9.21. The van der Waals surface area contributed by atoms with E-state index in [-0.39, 0.29) is 0 Å². The molecule has 0 saturated heterocycles. The molecule has 4 nitrogen and oxygen atoms in total. The van der Waals surface area contributed by atoms with E-state index < -0.39 is 0 Å². The van der Waals surface area contributed by atoms with Crippen molar-refractivity contribution in [3.63, 3.8) is 0 Å². The first-order chi connectivity index (χ1) is 9.47. The zero-order valence-corrected chi connectivity index (χ0v) is 12.5. The second-order valence-corrected chi connectivity index (χ2v) is 5.22. The van der Waals surface area contributed by atoms with Crippen LogP contribution in [0.15, 0.2) is 12.1 Å². The smallest absolute Gasteiger partial charge is 0.166 e. The molecule has 0 aliphatic rings. The third-order valence-electron chi connectivity index (χ3n) is 3.40. The lowest BCUT2D eigenvalue weighted by molar-refractivity contribution is 0.407. The molecule has 0 aliphatic carbocycles. The van der Waals surface area contributed by atoms with E-state index in [1.54, 1.807) is 7.11 Å². The predicted molar refractivity (Wildman–Crippen MR) is 78.9 cm³/mol. The average molecular weight is 269 g/mol. The van der Waals surface area contributed by atoms with Crippen molar-refractivity contribution in [3.05, 3.63) is 34.8 Å². The Morgan fingerprint density at radius 1 is 1.30 bits per heavy atom. The quantitative estimate of drug-likeness (QED) is 0.924. The van der Waals surface area contributed by atoms with Gasteiger partial charge in [-0.3, -0.25) is 0 Å². The summed E-state index contributed by atoms with van der Waals surface area (Å²) < 4.78 is 5.45. The molecule has 1 aromatic carbocycles. The number of nitriles is 1. The van der Waals surface area contributed by atoms with Crippen molar-refractivity contribution in [2.75, 3.05) is 7.11 Å². The average Bonchev–Trinajstić information content (AvgIpc) is 2.78. The SMILES string of the molecule is COc1cc(C)c(-c2[nH]c(C)nc2C#N)cc1C(C)C. The molecule has 0 bridgehead atoms. The summed E-state index contributed by atoms with van der Waals surface area (Å²) in [4.78, 5) is 7.40. The highest BCUT2D eigenvalue weighted by atomic mass is 16.5. The number of nitrogens with one attached hydrogen (secondary N) is 1. The Morgan fingerprint density at radius 3 is 2.55 bits per heavy atom. The van der Waals surface area contributed by atoms with Crippen molar-refractivity contribution in [2.45, 2.75) is 33.6 Å². The van der Waals surface area contributed by atoms with Gasteiger partial charge < -0.3 is 9.72 Å². The molecule has 1 N–H and O–H groups in total. The number of hydrogen-bond donors (Lipinski definition) is 1. The molecule has 0 fully saturated rings. The van der Waals surface area contributed by atoms with Crippen LogP contribution < -0.4 is 4.74 Å². The lowest BCUT2D eigenvalue weighted by atomic mass is 9.94. The minimum absolute atomic E-state index is 0.346. The number of aryl methyl sites for hydroxylation is 2. The molecule has 2 rings (SSSR count). The minimum atomic E-state index is 0.346. The molecule has 104 valence electrons. The van der Waals surface area contributed by atoms with E-state index in [0.717, 1.165) is 34.0 Å². The van der Waals surface area contributed by atoms with Crippen LogP contribution in [0.25, 0.3) is 11.3 Å². The first kappa shape index (κ1) is 14.1. The number of ether oxygens (including phenoxy) is 1. The fourth-order valence-corrected chi connectivity index (χ4v) is 2.36. The van der Waals surface area contributed by atoms with Crippen LogP contribution in [0.1, 0.15) is 42.4 Å². The standard InChI is InChI=1S/C16H19N3O/c1-9(2)12-7-13(10(3)6-15(12)20-5)16-14(8-17)18-11(4)19-16/h6-7,9H,1-5H3,(H,18,19). The molecule has 0 radical (unpaired) electrons. The first-order valence-corrected chi connectivity index (χ1v) is 6.63. The Kier molecular flexibility index (Phi) is 3.80. The Bertz CT molecular complexity index is 678.